The molecule has 1 saturated heterocycles. The molecule has 0 saturated carbocycles. The van der Waals surface area contributed by atoms with E-state index in [1.807, 2.05) is 19.1 Å². The molecule has 2 heterocycles. The van der Waals surface area contributed by atoms with Gasteiger partial charge in [0.1, 0.15) is 5.75 Å². The third-order valence-corrected chi connectivity index (χ3v) is 5.64. The Balaban J connectivity index is 1.80. The van der Waals surface area contributed by atoms with Crippen molar-refractivity contribution in [1.29, 1.82) is 0 Å². The first kappa shape index (κ1) is 22.7. The molecule has 0 bridgehead atoms. The molecule has 5 heteroatoms. The van der Waals surface area contributed by atoms with Gasteiger partial charge in [-0.25, -0.2) is 0 Å². The number of para-hydroxylation sites is 1. The average molecular weight is 411 g/mol. The molecule has 0 aliphatic carbocycles. The first-order chi connectivity index (χ1) is 14.7. The first-order valence-corrected chi connectivity index (χ1v) is 11.5. The van der Waals surface area contributed by atoms with Crippen molar-refractivity contribution in [1.82, 2.24) is 20.5 Å². The fourth-order valence-corrected chi connectivity index (χ4v) is 4.14. The van der Waals surface area contributed by atoms with Gasteiger partial charge in [-0.05, 0) is 83.1 Å². The number of pyridine rings is 1. The summed E-state index contributed by atoms with van der Waals surface area (Å²) in [6.07, 6.45) is 4.72. The van der Waals surface area contributed by atoms with Crippen LogP contribution < -0.4 is 15.4 Å². The summed E-state index contributed by atoms with van der Waals surface area (Å²) in [4.78, 5) is 7.54. The predicted octanol–water partition coefficient (Wildman–Crippen LogP) is 3.87. The maximum Gasteiger partial charge on any atom is 0.128 e. The molecule has 1 aliphatic rings. The quantitative estimate of drug-likeness (QED) is 0.520. The van der Waals surface area contributed by atoms with E-state index in [1.165, 1.54) is 24.1 Å². The Morgan fingerprint density at radius 1 is 1.17 bits per heavy atom. The number of ether oxygens (including phenoxy) is 1. The van der Waals surface area contributed by atoms with Crippen molar-refractivity contribution in [2.75, 3.05) is 39.8 Å². The lowest BCUT2D eigenvalue weighted by molar-refractivity contribution is 0.289. The maximum absolute atomic E-state index is 5.85. The third-order valence-electron chi connectivity index (χ3n) is 5.64. The summed E-state index contributed by atoms with van der Waals surface area (Å²) in [6, 6.07) is 13.2. The molecule has 0 amide bonds. The van der Waals surface area contributed by atoms with Crippen molar-refractivity contribution in [2.45, 2.75) is 52.1 Å². The Labute approximate surface area is 182 Å². The van der Waals surface area contributed by atoms with Gasteiger partial charge in [0.15, 0.2) is 0 Å². The second kappa shape index (κ2) is 12.0. The lowest BCUT2D eigenvalue weighted by Crippen LogP contribution is -2.35. The molecule has 2 aromatic rings. The van der Waals surface area contributed by atoms with Crippen LogP contribution in [0.15, 0.2) is 36.4 Å². The first-order valence-electron chi connectivity index (χ1n) is 11.5. The lowest BCUT2D eigenvalue weighted by atomic mass is 10.0. The number of hydrogen-bond donors (Lipinski definition) is 2. The zero-order valence-electron chi connectivity index (χ0n) is 18.9. The van der Waals surface area contributed by atoms with Crippen LogP contribution >= 0.6 is 0 Å². The number of hydrogen-bond acceptors (Lipinski definition) is 5. The van der Waals surface area contributed by atoms with Crippen LogP contribution in [0, 0.1) is 0 Å². The Kier molecular flexibility index (Phi) is 9.12. The minimum absolute atomic E-state index is 0.603. The summed E-state index contributed by atoms with van der Waals surface area (Å²) in [7, 11) is 2.21. The Hall–Kier alpha value is -1.95. The van der Waals surface area contributed by atoms with Gasteiger partial charge in [0, 0.05) is 24.7 Å². The van der Waals surface area contributed by atoms with Crippen LogP contribution in [0.4, 0.5) is 0 Å². The lowest BCUT2D eigenvalue weighted by Gasteiger charge is -2.22. The minimum atomic E-state index is 0.603. The van der Waals surface area contributed by atoms with Crippen LogP contribution in [-0.4, -0.2) is 55.8 Å². The maximum atomic E-state index is 5.85. The molecule has 5 nitrogen and oxygen atoms in total. The third kappa shape index (κ3) is 6.53. The molecule has 0 radical (unpaired) electrons. The van der Waals surface area contributed by atoms with E-state index in [0.29, 0.717) is 12.6 Å². The average Bonchev–Trinajstić information content (AvgIpc) is 3.25. The van der Waals surface area contributed by atoms with E-state index in [1.54, 1.807) is 0 Å². The Morgan fingerprint density at radius 2 is 2.03 bits per heavy atom. The highest BCUT2D eigenvalue weighted by Gasteiger charge is 2.18. The van der Waals surface area contributed by atoms with Gasteiger partial charge >= 0.3 is 0 Å². The van der Waals surface area contributed by atoms with Gasteiger partial charge in [-0.1, -0.05) is 25.1 Å². The monoisotopic (exact) mass is 410 g/mol. The molecular weight excluding hydrogens is 372 g/mol. The van der Waals surface area contributed by atoms with Crippen LogP contribution in [0.2, 0.25) is 0 Å². The molecule has 1 aliphatic heterocycles. The number of nitrogens with zero attached hydrogens (tertiary/aromatic N) is 2. The zero-order valence-corrected chi connectivity index (χ0v) is 18.9. The van der Waals surface area contributed by atoms with E-state index in [-0.39, 0.29) is 0 Å². The minimum Gasteiger partial charge on any atom is -0.493 e. The molecule has 0 spiro atoms. The van der Waals surface area contributed by atoms with Gasteiger partial charge in [0.05, 0.1) is 18.0 Å². The molecule has 164 valence electrons. The SMILES string of the molecule is CCCNCCc1ccc(-c2ccccc2OCC)nc1CN(C)CC1CCCN1. The van der Waals surface area contributed by atoms with Crippen molar-refractivity contribution < 1.29 is 4.74 Å². The van der Waals surface area contributed by atoms with Crippen LogP contribution in [0.1, 0.15) is 44.4 Å². The van der Waals surface area contributed by atoms with Crippen molar-refractivity contribution in [3.8, 4) is 17.0 Å². The fraction of sp³-hybridized carbons (Fsp3) is 0.560. The topological polar surface area (TPSA) is 49.4 Å². The summed E-state index contributed by atoms with van der Waals surface area (Å²) >= 11 is 0. The van der Waals surface area contributed by atoms with Crippen LogP contribution in [0.25, 0.3) is 11.3 Å². The van der Waals surface area contributed by atoms with Gasteiger partial charge in [0.2, 0.25) is 0 Å². The molecule has 1 unspecified atom stereocenters. The van der Waals surface area contributed by atoms with E-state index >= 15 is 0 Å². The number of likely N-dealkylation sites (N-methyl/N-ethyl adjacent to an activating group) is 1. The Bertz CT molecular complexity index is 773. The summed E-state index contributed by atoms with van der Waals surface area (Å²) in [5.41, 5.74) is 4.57. The van der Waals surface area contributed by atoms with E-state index in [0.717, 1.165) is 62.6 Å². The van der Waals surface area contributed by atoms with Crippen LogP contribution in [0.3, 0.4) is 0 Å². The molecule has 1 atom stereocenters. The molecule has 1 fully saturated rings. The normalized spacial score (nSPS) is 16.3. The van der Waals surface area contributed by atoms with E-state index in [4.69, 9.17) is 9.72 Å². The molecule has 3 rings (SSSR count). The zero-order chi connectivity index (χ0) is 21.2. The van der Waals surface area contributed by atoms with Gasteiger partial charge in [0.25, 0.3) is 0 Å². The van der Waals surface area contributed by atoms with Crippen LogP contribution in [0.5, 0.6) is 5.75 Å². The predicted molar refractivity (Wildman–Crippen MR) is 125 cm³/mol. The highest BCUT2D eigenvalue weighted by molar-refractivity contribution is 5.67. The molecule has 2 N–H and O–H groups in total. The van der Waals surface area contributed by atoms with Gasteiger partial charge in [-0.15, -0.1) is 0 Å². The smallest absolute Gasteiger partial charge is 0.128 e. The summed E-state index contributed by atoms with van der Waals surface area (Å²) in [6.45, 7) is 10.0. The summed E-state index contributed by atoms with van der Waals surface area (Å²) < 4.78 is 5.85. The Morgan fingerprint density at radius 3 is 2.80 bits per heavy atom. The largest absolute Gasteiger partial charge is 0.493 e. The molecule has 1 aromatic heterocycles. The summed E-state index contributed by atoms with van der Waals surface area (Å²) in [5.74, 6) is 0.902. The second-order valence-electron chi connectivity index (χ2n) is 8.22. The van der Waals surface area contributed by atoms with E-state index < -0.39 is 0 Å². The molecule has 30 heavy (non-hydrogen) atoms. The second-order valence-corrected chi connectivity index (χ2v) is 8.22. The van der Waals surface area contributed by atoms with E-state index in [2.05, 4.69) is 53.8 Å². The van der Waals surface area contributed by atoms with E-state index in [9.17, 15) is 0 Å². The van der Waals surface area contributed by atoms with Crippen molar-refractivity contribution >= 4 is 0 Å². The number of aromatic nitrogens is 1. The van der Waals surface area contributed by atoms with Crippen LogP contribution in [-0.2, 0) is 13.0 Å². The van der Waals surface area contributed by atoms with Gasteiger partial charge in [-0.2, -0.15) is 0 Å². The summed E-state index contributed by atoms with van der Waals surface area (Å²) in [5, 5.41) is 7.13. The standard InChI is InChI=1S/C25H38N4O/c1-4-15-26-17-14-20-12-13-23(22-10-6-7-11-25(22)30-5-2)28-24(20)19-29(3)18-21-9-8-16-27-21/h6-7,10-13,21,26-27H,4-5,8-9,14-19H2,1-3H3. The van der Waals surface area contributed by atoms with Crippen molar-refractivity contribution in [2.24, 2.45) is 0 Å². The fourth-order valence-electron chi connectivity index (χ4n) is 4.14. The molecular formula is C25H38N4O. The number of rotatable bonds is 12. The van der Waals surface area contributed by atoms with Crippen molar-refractivity contribution in [3.63, 3.8) is 0 Å². The highest BCUT2D eigenvalue weighted by Crippen LogP contribution is 2.29. The van der Waals surface area contributed by atoms with Gasteiger partial charge < -0.3 is 15.4 Å². The number of benzene rings is 1. The number of nitrogens with one attached hydrogen (secondary N) is 2. The van der Waals surface area contributed by atoms with Crippen molar-refractivity contribution in [3.05, 3.63) is 47.7 Å². The molecule has 1 aromatic carbocycles. The van der Waals surface area contributed by atoms with Gasteiger partial charge in [-0.3, -0.25) is 9.88 Å². The highest BCUT2D eigenvalue weighted by atomic mass is 16.5.